The Bertz CT molecular complexity index is 936. The molecule has 0 bridgehead atoms. The van der Waals surface area contributed by atoms with Gasteiger partial charge in [0, 0.05) is 0 Å². The highest BCUT2D eigenvalue weighted by Crippen LogP contribution is 2.25. The Balaban J connectivity index is 0.000000614. The molecule has 0 fully saturated rings. The van der Waals surface area contributed by atoms with Gasteiger partial charge in [0.15, 0.2) is 0 Å². The lowest BCUT2D eigenvalue weighted by Gasteiger charge is -2.07. The van der Waals surface area contributed by atoms with E-state index in [1.54, 1.807) is 24.3 Å². The van der Waals surface area contributed by atoms with Gasteiger partial charge >= 0.3 is 0 Å². The Hall–Kier alpha value is -3.00. The third-order valence-electron chi connectivity index (χ3n) is 4.18. The summed E-state index contributed by atoms with van der Waals surface area (Å²) in [6.07, 6.45) is 0.855. The van der Waals surface area contributed by atoms with Crippen molar-refractivity contribution in [2.75, 3.05) is 0 Å². The van der Waals surface area contributed by atoms with E-state index in [4.69, 9.17) is 0 Å². The molecule has 4 rings (SSSR count). The lowest BCUT2D eigenvalue weighted by atomic mass is 9.99. The second-order valence-corrected chi connectivity index (χ2v) is 5.91. The molecule has 0 heterocycles. The summed E-state index contributed by atoms with van der Waals surface area (Å²) in [6, 6.07) is 23.5. The molecule has 0 unspecified atom stereocenters. The number of benzene rings is 4. The molecule has 140 valence electrons. The molecule has 2 N–H and O–H groups in total. The second-order valence-electron chi connectivity index (χ2n) is 5.91. The van der Waals surface area contributed by atoms with Crippen LogP contribution in [-0.4, -0.2) is 10.2 Å². The molecule has 2 nitrogen and oxygen atoms in total. The zero-order valence-electron chi connectivity index (χ0n) is 16.5. The standard InChI is InChI=1S/C21H16O2.2C2H6/c22-20-7-5-16-10-14(1-3-18(16)12-20)9-15-2-4-19-13-21(23)8-6-17(19)11-15;2*1-2/h1-8,10-13,22-23H,9H2;2*1-2H3. The Labute approximate surface area is 161 Å². The quantitative estimate of drug-likeness (QED) is 0.402. The number of hydrogen-bond acceptors (Lipinski definition) is 2. The molecule has 4 aromatic carbocycles. The van der Waals surface area contributed by atoms with Gasteiger partial charge in [-0.15, -0.1) is 0 Å². The number of phenolic OH excluding ortho intramolecular Hbond substituents is 2. The highest BCUT2D eigenvalue weighted by Gasteiger charge is 2.02. The van der Waals surface area contributed by atoms with Crippen LogP contribution in [0.25, 0.3) is 21.5 Å². The molecule has 0 atom stereocenters. The van der Waals surface area contributed by atoms with Crippen molar-refractivity contribution in [3.05, 3.63) is 83.9 Å². The third kappa shape index (κ3) is 5.01. The van der Waals surface area contributed by atoms with E-state index in [0.29, 0.717) is 11.5 Å². The van der Waals surface area contributed by atoms with Crippen LogP contribution in [0.1, 0.15) is 38.8 Å². The summed E-state index contributed by atoms with van der Waals surface area (Å²) in [4.78, 5) is 0. The third-order valence-corrected chi connectivity index (χ3v) is 4.18. The molecular weight excluding hydrogens is 332 g/mol. The average Bonchev–Trinajstić information content (AvgIpc) is 2.71. The summed E-state index contributed by atoms with van der Waals surface area (Å²) < 4.78 is 0. The minimum absolute atomic E-state index is 0.294. The molecule has 2 heteroatoms. The zero-order valence-corrected chi connectivity index (χ0v) is 16.5. The Morgan fingerprint density at radius 2 is 0.815 bits per heavy atom. The van der Waals surface area contributed by atoms with Crippen molar-refractivity contribution in [2.24, 2.45) is 0 Å². The molecule has 0 aliphatic heterocycles. The van der Waals surface area contributed by atoms with E-state index in [1.807, 2.05) is 52.0 Å². The van der Waals surface area contributed by atoms with Gasteiger partial charge in [-0.3, -0.25) is 0 Å². The summed E-state index contributed by atoms with van der Waals surface area (Å²) in [6.45, 7) is 8.00. The fraction of sp³-hybridized carbons (Fsp3) is 0.200. The van der Waals surface area contributed by atoms with Crippen LogP contribution in [0.2, 0.25) is 0 Å². The van der Waals surface area contributed by atoms with Crippen LogP contribution < -0.4 is 0 Å². The Morgan fingerprint density at radius 1 is 0.481 bits per heavy atom. The van der Waals surface area contributed by atoms with Crippen LogP contribution in [0.3, 0.4) is 0 Å². The number of hydrogen-bond donors (Lipinski definition) is 2. The zero-order chi connectivity index (χ0) is 19.8. The van der Waals surface area contributed by atoms with Crippen LogP contribution in [0.15, 0.2) is 72.8 Å². The lowest BCUT2D eigenvalue weighted by Crippen LogP contribution is -1.88. The summed E-state index contributed by atoms with van der Waals surface area (Å²) in [5.74, 6) is 0.589. The molecule has 27 heavy (non-hydrogen) atoms. The predicted molar refractivity (Wildman–Crippen MR) is 117 cm³/mol. The topological polar surface area (TPSA) is 40.5 Å². The van der Waals surface area contributed by atoms with Crippen LogP contribution in [0, 0.1) is 0 Å². The fourth-order valence-electron chi connectivity index (χ4n) is 3.02. The van der Waals surface area contributed by atoms with Crippen molar-refractivity contribution in [1.82, 2.24) is 0 Å². The van der Waals surface area contributed by atoms with E-state index in [1.165, 1.54) is 11.1 Å². The lowest BCUT2D eigenvalue weighted by molar-refractivity contribution is 0.475. The maximum atomic E-state index is 9.54. The van der Waals surface area contributed by atoms with Crippen molar-refractivity contribution in [3.8, 4) is 11.5 Å². The minimum atomic E-state index is 0.294. The highest BCUT2D eigenvalue weighted by atomic mass is 16.3. The van der Waals surface area contributed by atoms with E-state index in [-0.39, 0.29) is 0 Å². The van der Waals surface area contributed by atoms with E-state index in [0.717, 1.165) is 28.0 Å². The van der Waals surface area contributed by atoms with Gasteiger partial charge < -0.3 is 10.2 Å². The van der Waals surface area contributed by atoms with E-state index >= 15 is 0 Å². The molecule has 0 spiro atoms. The monoisotopic (exact) mass is 360 g/mol. The average molecular weight is 360 g/mol. The van der Waals surface area contributed by atoms with Gasteiger partial charge in [-0.05, 0) is 63.4 Å². The first-order chi connectivity index (χ1) is 13.2. The molecule has 0 saturated heterocycles. The molecule has 4 aromatic rings. The number of aromatic hydroxyl groups is 2. The summed E-state index contributed by atoms with van der Waals surface area (Å²) in [5.41, 5.74) is 2.47. The summed E-state index contributed by atoms with van der Waals surface area (Å²) in [5, 5.41) is 23.4. The first kappa shape index (κ1) is 20.3. The number of fused-ring (bicyclic) bond motifs is 2. The molecule has 0 amide bonds. The second kappa shape index (κ2) is 9.63. The Kier molecular flexibility index (Phi) is 7.25. The van der Waals surface area contributed by atoms with Crippen LogP contribution >= 0.6 is 0 Å². The smallest absolute Gasteiger partial charge is 0.116 e. The molecule has 0 aromatic heterocycles. The molecular formula is C25H28O2. The van der Waals surface area contributed by atoms with E-state index in [9.17, 15) is 10.2 Å². The van der Waals surface area contributed by atoms with Crippen molar-refractivity contribution >= 4 is 21.5 Å². The maximum Gasteiger partial charge on any atom is 0.116 e. The normalized spacial score (nSPS) is 9.93. The molecule has 0 saturated carbocycles. The SMILES string of the molecule is CC.CC.Oc1ccc2cc(Cc3ccc4cc(O)ccc4c3)ccc2c1. The minimum Gasteiger partial charge on any atom is -0.508 e. The van der Waals surface area contributed by atoms with Crippen LogP contribution in [-0.2, 0) is 6.42 Å². The number of rotatable bonds is 2. The first-order valence-corrected chi connectivity index (χ1v) is 9.61. The van der Waals surface area contributed by atoms with Crippen LogP contribution in [0.5, 0.6) is 11.5 Å². The molecule has 0 aliphatic rings. The summed E-state index contributed by atoms with van der Waals surface area (Å²) in [7, 11) is 0. The fourth-order valence-corrected chi connectivity index (χ4v) is 3.02. The van der Waals surface area contributed by atoms with Gasteiger partial charge in [0.2, 0.25) is 0 Å². The molecule has 0 radical (unpaired) electrons. The van der Waals surface area contributed by atoms with Gasteiger partial charge in [0.25, 0.3) is 0 Å². The van der Waals surface area contributed by atoms with Gasteiger partial charge in [0.05, 0.1) is 0 Å². The number of phenols is 2. The molecule has 0 aliphatic carbocycles. The largest absolute Gasteiger partial charge is 0.508 e. The maximum absolute atomic E-state index is 9.54. The Morgan fingerprint density at radius 3 is 1.22 bits per heavy atom. The van der Waals surface area contributed by atoms with Gasteiger partial charge in [-0.25, -0.2) is 0 Å². The van der Waals surface area contributed by atoms with Gasteiger partial charge in [0.1, 0.15) is 11.5 Å². The van der Waals surface area contributed by atoms with Gasteiger partial charge in [-0.1, -0.05) is 76.2 Å². The van der Waals surface area contributed by atoms with Crippen molar-refractivity contribution in [1.29, 1.82) is 0 Å². The van der Waals surface area contributed by atoms with E-state index < -0.39 is 0 Å². The van der Waals surface area contributed by atoms with Crippen molar-refractivity contribution in [3.63, 3.8) is 0 Å². The van der Waals surface area contributed by atoms with Crippen molar-refractivity contribution < 1.29 is 10.2 Å². The van der Waals surface area contributed by atoms with Gasteiger partial charge in [-0.2, -0.15) is 0 Å². The highest BCUT2D eigenvalue weighted by molar-refractivity contribution is 5.85. The van der Waals surface area contributed by atoms with Crippen molar-refractivity contribution in [2.45, 2.75) is 34.1 Å². The van der Waals surface area contributed by atoms with Crippen LogP contribution in [0.4, 0.5) is 0 Å². The predicted octanol–water partition coefficient (Wildman–Crippen LogP) is 7.05. The summed E-state index contributed by atoms with van der Waals surface area (Å²) >= 11 is 0. The van der Waals surface area contributed by atoms with E-state index in [2.05, 4.69) is 24.3 Å². The first-order valence-electron chi connectivity index (χ1n) is 9.61.